The normalized spacial score (nSPS) is 16.3. The zero-order chi connectivity index (χ0) is 18.0. The van der Waals surface area contributed by atoms with Gasteiger partial charge in [0.15, 0.2) is 0 Å². The Balaban J connectivity index is 1.90. The van der Waals surface area contributed by atoms with E-state index in [1.807, 2.05) is 25.1 Å². The first-order valence-corrected chi connectivity index (χ1v) is 9.64. The number of carbonyl (C=O) groups excluding carboxylic acids is 2. The standard InChI is InChI=1S/C20H24N2O2S/c1-3-6-13-9-10-15-16(11-13)25-20(17(15)18(21)23)22-19(24)14-8-5-4-7-12(14)2/h4-5,7-8,13H,3,6,9-11H2,1-2H3,(H2,21,23)(H,22,24). The van der Waals surface area contributed by atoms with Gasteiger partial charge >= 0.3 is 0 Å². The lowest BCUT2D eigenvalue weighted by Gasteiger charge is -2.21. The number of benzene rings is 1. The van der Waals surface area contributed by atoms with Crippen LogP contribution in [0.1, 0.15) is 62.9 Å². The molecule has 1 atom stereocenters. The van der Waals surface area contributed by atoms with Crippen LogP contribution in [-0.4, -0.2) is 11.8 Å². The summed E-state index contributed by atoms with van der Waals surface area (Å²) >= 11 is 1.52. The van der Waals surface area contributed by atoms with E-state index in [9.17, 15) is 9.59 Å². The van der Waals surface area contributed by atoms with E-state index < -0.39 is 5.91 Å². The monoisotopic (exact) mass is 356 g/mol. The van der Waals surface area contributed by atoms with Gasteiger partial charge in [0.1, 0.15) is 5.00 Å². The maximum absolute atomic E-state index is 12.6. The number of primary amides is 1. The van der Waals surface area contributed by atoms with Crippen LogP contribution in [0.3, 0.4) is 0 Å². The Labute approximate surface area is 152 Å². The minimum absolute atomic E-state index is 0.190. The van der Waals surface area contributed by atoms with Crippen LogP contribution in [0, 0.1) is 12.8 Å². The number of rotatable bonds is 5. The molecule has 1 aliphatic carbocycles. The predicted octanol–water partition coefficient (Wildman–Crippen LogP) is 4.31. The Bertz CT molecular complexity index is 810. The van der Waals surface area contributed by atoms with Crippen LogP contribution >= 0.6 is 11.3 Å². The number of fused-ring (bicyclic) bond motifs is 1. The lowest BCUT2D eigenvalue weighted by molar-refractivity contribution is 0.1000. The third kappa shape index (κ3) is 3.61. The van der Waals surface area contributed by atoms with Crippen molar-refractivity contribution in [2.75, 3.05) is 5.32 Å². The SMILES string of the molecule is CCCC1CCc2c(sc(NC(=O)c3ccccc3C)c2C(N)=O)C1. The van der Waals surface area contributed by atoms with Gasteiger partial charge in [0.2, 0.25) is 0 Å². The Kier molecular flexibility index (Phi) is 5.23. The van der Waals surface area contributed by atoms with Crippen LogP contribution in [0.25, 0.3) is 0 Å². The summed E-state index contributed by atoms with van der Waals surface area (Å²) < 4.78 is 0. The summed E-state index contributed by atoms with van der Waals surface area (Å²) in [6.45, 7) is 4.10. The fraction of sp³-hybridized carbons (Fsp3) is 0.400. The minimum atomic E-state index is -0.452. The molecular formula is C20H24N2O2S. The Morgan fingerprint density at radius 3 is 2.76 bits per heavy atom. The summed E-state index contributed by atoms with van der Waals surface area (Å²) in [5.41, 5.74) is 8.72. The Hall–Kier alpha value is -2.14. The van der Waals surface area contributed by atoms with E-state index in [2.05, 4.69) is 12.2 Å². The fourth-order valence-corrected chi connectivity index (χ4v) is 5.02. The average Bonchev–Trinajstić information content (AvgIpc) is 2.92. The first kappa shape index (κ1) is 17.7. The number of hydrogen-bond acceptors (Lipinski definition) is 3. The summed E-state index contributed by atoms with van der Waals surface area (Å²) in [6, 6.07) is 7.43. The quantitative estimate of drug-likeness (QED) is 0.838. The van der Waals surface area contributed by atoms with Crippen LogP contribution in [0.5, 0.6) is 0 Å². The second-order valence-corrected chi connectivity index (χ2v) is 7.84. The molecule has 132 valence electrons. The van der Waals surface area contributed by atoms with E-state index in [0.717, 1.165) is 30.4 Å². The van der Waals surface area contributed by atoms with Gasteiger partial charge in [-0.25, -0.2) is 0 Å². The fourth-order valence-electron chi connectivity index (χ4n) is 3.66. The van der Waals surface area contributed by atoms with E-state index in [-0.39, 0.29) is 5.91 Å². The first-order chi connectivity index (χ1) is 12.0. The molecule has 3 rings (SSSR count). The molecule has 1 aromatic heterocycles. The van der Waals surface area contributed by atoms with Gasteiger partial charge in [0.05, 0.1) is 5.56 Å². The molecule has 0 saturated carbocycles. The van der Waals surface area contributed by atoms with Crippen molar-refractivity contribution in [1.29, 1.82) is 0 Å². The lowest BCUT2D eigenvalue weighted by atomic mass is 9.84. The number of amides is 2. The highest BCUT2D eigenvalue weighted by atomic mass is 32.1. The summed E-state index contributed by atoms with van der Waals surface area (Å²) in [5, 5.41) is 3.53. The summed E-state index contributed by atoms with van der Waals surface area (Å²) in [4.78, 5) is 25.9. The van der Waals surface area contributed by atoms with Crippen molar-refractivity contribution in [1.82, 2.24) is 0 Å². The van der Waals surface area contributed by atoms with Crippen molar-refractivity contribution in [3.8, 4) is 0 Å². The summed E-state index contributed by atoms with van der Waals surface area (Å²) in [7, 11) is 0. The number of hydrogen-bond donors (Lipinski definition) is 2. The highest BCUT2D eigenvalue weighted by Gasteiger charge is 2.28. The molecular weight excluding hydrogens is 332 g/mol. The maximum Gasteiger partial charge on any atom is 0.256 e. The number of carbonyl (C=O) groups is 2. The van der Waals surface area contributed by atoms with Gasteiger partial charge in [-0.3, -0.25) is 9.59 Å². The number of aryl methyl sites for hydroxylation is 1. The van der Waals surface area contributed by atoms with Gasteiger partial charge in [0.25, 0.3) is 11.8 Å². The molecule has 25 heavy (non-hydrogen) atoms. The minimum Gasteiger partial charge on any atom is -0.365 e. The van der Waals surface area contributed by atoms with E-state index in [1.165, 1.54) is 29.1 Å². The van der Waals surface area contributed by atoms with E-state index in [0.29, 0.717) is 22.0 Å². The number of nitrogens with one attached hydrogen (secondary N) is 1. The van der Waals surface area contributed by atoms with Crippen molar-refractivity contribution in [2.45, 2.75) is 46.0 Å². The van der Waals surface area contributed by atoms with Crippen molar-refractivity contribution in [2.24, 2.45) is 11.7 Å². The van der Waals surface area contributed by atoms with E-state index in [1.54, 1.807) is 6.07 Å². The van der Waals surface area contributed by atoms with Gasteiger partial charge in [-0.2, -0.15) is 0 Å². The van der Waals surface area contributed by atoms with Crippen LogP contribution < -0.4 is 11.1 Å². The molecule has 2 amide bonds. The second-order valence-electron chi connectivity index (χ2n) is 6.74. The van der Waals surface area contributed by atoms with Crippen LogP contribution in [0.4, 0.5) is 5.00 Å². The molecule has 0 fully saturated rings. The van der Waals surface area contributed by atoms with Gasteiger partial charge in [0, 0.05) is 10.4 Å². The Morgan fingerprint density at radius 1 is 1.32 bits per heavy atom. The molecule has 0 aliphatic heterocycles. The molecule has 0 saturated heterocycles. The van der Waals surface area contributed by atoms with Crippen molar-refractivity contribution in [3.05, 3.63) is 51.4 Å². The largest absolute Gasteiger partial charge is 0.365 e. The molecule has 1 aromatic carbocycles. The van der Waals surface area contributed by atoms with Crippen LogP contribution in [0.15, 0.2) is 24.3 Å². The smallest absolute Gasteiger partial charge is 0.256 e. The van der Waals surface area contributed by atoms with Gasteiger partial charge in [-0.05, 0) is 49.3 Å². The van der Waals surface area contributed by atoms with Crippen molar-refractivity contribution < 1.29 is 9.59 Å². The highest BCUT2D eigenvalue weighted by Crippen LogP contribution is 2.40. The topological polar surface area (TPSA) is 72.2 Å². The molecule has 4 nitrogen and oxygen atoms in total. The molecule has 5 heteroatoms. The molecule has 1 aliphatic rings. The maximum atomic E-state index is 12.6. The van der Waals surface area contributed by atoms with Crippen molar-refractivity contribution >= 4 is 28.2 Å². The number of thiophene rings is 1. The van der Waals surface area contributed by atoms with Gasteiger partial charge in [-0.15, -0.1) is 11.3 Å². The molecule has 0 bridgehead atoms. The zero-order valence-corrected chi connectivity index (χ0v) is 15.5. The highest BCUT2D eigenvalue weighted by molar-refractivity contribution is 7.17. The second kappa shape index (κ2) is 7.40. The molecule has 3 N–H and O–H groups in total. The van der Waals surface area contributed by atoms with Gasteiger partial charge < -0.3 is 11.1 Å². The van der Waals surface area contributed by atoms with E-state index >= 15 is 0 Å². The number of anilines is 1. The van der Waals surface area contributed by atoms with E-state index in [4.69, 9.17) is 5.73 Å². The van der Waals surface area contributed by atoms with Crippen LogP contribution in [-0.2, 0) is 12.8 Å². The van der Waals surface area contributed by atoms with Crippen LogP contribution in [0.2, 0.25) is 0 Å². The molecule has 1 unspecified atom stereocenters. The van der Waals surface area contributed by atoms with Crippen molar-refractivity contribution in [3.63, 3.8) is 0 Å². The summed E-state index contributed by atoms with van der Waals surface area (Å²) in [5.74, 6) is 0.0210. The summed E-state index contributed by atoms with van der Waals surface area (Å²) in [6.07, 6.45) is 5.31. The number of nitrogens with two attached hydrogens (primary N) is 1. The molecule has 2 aromatic rings. The van der Waals surface area contributed by atoms with Gasteiger partial charge in [-0.1, -0.05) is 38.0 Å². The first-order valence-electron chi connectivity index (χ1n) is 8.82. The molecule has 1 heterocycles. The predicted molar refractivity (Wildman–Crippen MR) is 102 cm³/mol. The molecule has 0 spiro atoms. The average molecular weight is 356 g/mol. The zero-order valence-electron chi connectivity index (χ0n) is 14.7. The Morgan fingerprint density at radius 2 is 2.08 bits per heavy atom. The molecule has 0 radical (unpaired) electrons. The third-order valence-corrected chi connectivity index (χ3v) is 6.10. The third-order valence-electron chi connectivity index (χ3n) is 4.93. The lowest BCUT2D eigenvalue weighted by Crippen LogP contribution is -2.20.